The van der Waals surface area contributed by atoms with Crippen LogP contribution in [0.15, 0.2) is 54.2 Å². The summed E-state index contributed by atoms with van der Waals surface area (Å²) >= 11 is 0. The summed E-state index contributed by atoms with van der Waals surface area (Å²) in [4.78, 5) is 8.62. The second-order valence-electron chi connectivity index (χ2n) is 4.85. The number of nitrogens with zero attached hydrogens (tertiary/aromatic N) is 3. The highest BCUT2D eigenvalue weighted by Crippen LogP contribution is 2.22. The quantitative estimate of drug-likeness (QED) is 0.649. The van der Waals surface area contributed by atoms with E-state index in [-0.39, 0.29) is 10.6 Å². The van der Waals surface area contributed by atoms with Crippen molar-refractivity contribution in [2.45, 2.75) is 26.4 Å². The summed E-state index contributed by atoms with van der Waals surface area (Å²) in [6.45, 7) is 6.98. The molecule has 2 rings (SSSR count). The van der Waals surface area contributed by atoms with Gasteiger partial charge in [-0.15, -0.1) is 6.58 Å². The zero-order chi connectivity index (χ0) is 17.0. The molecule has 0 saturated heterocycles. The maximum absolute atomic E-state index is 12.7. The lowest BCUT2D eigenvalue weighted by Gasteiger charge is -2.09. The van der Waals surface area contributed by atoms with Gasteiger partial charge in [-0.25, -0.2) is 22.4 Å². The van der Waals surface area contributed by atoms with E-state index < -0.39 is 16.1 Å². The third kappa shape index (κ3) is 3.25. The molecule has 0 aliphatic carbocycles. The van der Waals surface area contributed by atoms with E-state index in [0.29, 0.717) is 17.6 Å². The minimum absolute atomic E-state index is 0.176. The molecular weight excluding hydrogens is 314 g/mol. The first-order valence-corrected chi connectivity index (χ1v) is 8.57. The molecule has 0 aliphatic heterocycles. The number of aliphatic hydroxyl groups excluding tert-OH is 1. The third-order valence-corrected chi connectivity index (χ3v) is 5.06. The minimum atomic E-state index is -3.73. The first kappa shape index (κ1) is 17.1. The Bertz CT molecular complexity index is 879. The van der Waals surface area contributed by atoms with E-state index in [4.69, 9.17) is 0 Å². The zero-order valence-electron chi connectivity index (χ0n) is 13.0. The van der Waals surface area contributed by atoms with Crippen molar-refractivity contribution in [3.8, 4) is 0 Å². The Hall–Kier alpha value is -2.25. The van der Waals surface area contributed by atoms with E-state index in [2.05, 4.69) is 16.5 Å². The second-order valence-corrected chi connectivity index (χ2v) is 6.67. The number of hydrogen-bond acceptors (Lipinski definition) is 5. The third-order valence-electron chi connectivity index (χ3n) is 3.28. The van der Waals surface area contributed by atoms with Gasteiger partial charge in [-0.3, -0.25) is 0 Å². The molecule has 0 fully saturated rings. The molecule has 0 saturated carbocycles. The van der Waals surface area contributed by atoms with E-state index in [0.717, 1.165) is 3.97 Å². The number of hydrogen-bond donors (Lipinski definition) is 1. The van der Waals surface area contributed by atoms with E-state index >= 15 is 0 Å². The van der Waals surface area contributed by atoms with Crippen LogP contribution in [0.1, 0.15) is 32.1 Å². The van der Waals surface area contributed by atoms with E-state index in [9.17, 15) is 13.5 Å². The maximum atomic E-state index is 12.7. The van der Waals surface area contributed by atoms with Crippen molar-refractivity contribution in [1.82, 2.24) is 13.9 Å². The second kappa shape index (κ2) is 6.89. The highest BCUT2D eigenvalue weighted by atomic mass is 32.2. The Morgan fingerprint density at radius 1 is 1.48 bits per heavy atom. The maximum Gasteiger partial charge on any atom is 0.269 e. The molecule has 1 N–H and O–H groups in total. The van der Waals surface area contributed by atoms with Crippen molar-refractivity contribution >= 4 is 21.2 Å². The van der Waals surface area contributed by atoms with Gasteiger partial charge in [-0.2, -0.15) is 0 Å². The Morgan fingerprint density at radius 3 is 2.83 bits per heavy atom. The highest BCUT2D eigenvalue weighted by Gasteiger charge is 2.21. The van der Waals surface area contributed by atoms with Gasteiger partial charge in [0.05, 0.1) is 16.8 Å². The molecule has 0 bridgehead atoms. The molecule has 0 aliphatic rings. The SMILES string of the molecule is C=CCC(O)c1cnc2c(ccn2S(=O)(=O)C(/C=C\C)=C/C)n1. The van der Waals surface area contributed by atoms with E-state index in [1.165, 1.54) is 24.5 Å². The first-order valence-electron chi connectivity index (χ1n) is 7.13. The monoisotopic (exact) mass is 333 g/mol. The van der Waals surface area contributed by atoms with Gasteiger partial charge in [0.25, 0.3) is 10.0 Å². The van der Waals surface area contributed by atoms with Gasteiger partial charge in [0.1, 0.15) is 11.6 Å². The van der Waals surface area contributed by atoms with Crippen LogP contribution >= 0.6 is 0 Å². The average Bonchev–Trinajstić information content (AvgIpc) is 2.96. The Morgan fingerprint density at radius 2 is 2.22 bits per heavy atom. The van der Waals surface area contributed by atoms with Crippen LogP contribution in [-0.2, 0) is 10.0 Å². The van der Waals surface area contributed by atoms with Crippen molar-refractivity contribution in [1.29, 1.82) is 0 Å². The smallest absolute Gasteiger partial charge is 0.269 e. The molecule has 1 unspecified atom stereocenters. The molecule has 1 atom stereocenters. The first-order chi connectivity index (χ1) is 11.0. The van der Waals surface area contributed by atoms with Crippen LogP contribution in [-0.4, -0.2) is 27.5 Å². The fraction of sp³-hybridized carbons (Fsp3) is 0.250. The average molecular weight is 333 g/mol. The molecule has 6 nitrogen and oxygen atoms in total. The number of allylic oxidation sites excluding steroid dienone is 3. The molecule has 2 aromatic heterocycles. The van der Waals surface area contributed by atoms with Crippen molar-refractivity contribution in [2.75, 3.05) is 0 Å². The minimum Gasteiger partial charge on any atom is -0.386 e. The normalized spacial score (nSPS) is 14.5. The standard InChI is InChI=1S/C16H19N3O3S/c1-4-7-12(6-3)23(21,22)19-10-9-13-16(19)17-11-14(18-13)15(20)8-5-2/h4-7,9-11,15,20H,2,8H2,1,3H3/b7-4-,12-6+. The predicted octanol–water partition coefficient (Wildman–Crippen LogP) is 2.70. The largest absolute Gasteiger partial charge is 0.386 e. The molecular formula is C16H19N3O3S. The summed E-state index contributed by atoms with van der Waals surface area (Å²) in [7, 11) is -3.73. The summed E-state index contributed by atoms with van der Waals surface area (Å²) in [5, 5.41) is 9.93. The summed E-state index contributed by atoms with van der Waals surface area (Å²) in [5.41, 5.74) is 1.01. The van der Waals surface area contributed by atoms with Crippen molar-refractivity contribution in [3.05, 3.63) is 59.9 Å². The Balaban J connectivity index is 2.54. The van der Waals surface area contributed by atoms with E-state index in [1.54, 1.807) is 32.1 Å². The highest BCUT2D eigenvalue weighted by molar-refractivity contribution is 7.94. The van der Waals surface area contributed by atoms with Crippen LogP contribution in [0.25, 0.3) is 11.2 Å². The van der Waals surface area contributed by atoms with Gasteiger partial charge in [0.15, 0.2) is 5.65 Å². The summed E-state index contributed by atoms with van der Waals surface area (Å²) in [6.07, 6.45) is 8.63. The number of aromatic nitrogens is 3. The van der Waals surface area contributed by atoms with Crippen molar-refractivity contribution in [2.24, 2.45) is 0 Å². The molecule has 0 radical (unpaired) electrons. The molecule has 7 heteroatoms. The lowest BCUT2D eigenvalue weighted by molar-refractivity contribution is 0.177. The van der Waals surface area contributed by atoms with Crippen LogP contribution in [0.2, 0.25) is 0 Å². The van der Waals surface area contributed by atoms with Crippen molar-refractivity contribution in [3.63, 3.8) is 0 Å². The Kier molecular flexibility index (Phi) is 5.12. The van der Waals surface area contributed by atoms with Gasteiger partial charge in [0, 0.05) is 6.20 Å². The van der Waals surface area contributed by atoms with Gasteiger partial charge < -0.3 is 5.11 Å². The molecule has 2 heterocycles. The molecule has 122 valence electrons. The van der Waals surface area contributed by atoms with Crippen molar-refractivity contribution < 1.29 is 13.5 Å². The fourth-order valence-corrected chi connectivity index (χ4v) is 3.57. The molecule has 2 aromatic rings. The number of fused-ring (bicyclic) bond motifs is 1. The molecule has 0 amide bonds. The molecule has 23 heavy (non-hydrogen) atoms. The number of aliphatic hydroxyl groups is 1. The topological polar surface area (TPSA) is 85.1 Å². The summed E-state index contributed by atoms with van der Waals surface area (Å²) in [6, 6.07) is 1.56. The van der Waals surface area contributed by atoms with Gasteiger partial charge in [0.2, 0.25) is 0 Å². The van der Waals surface area contributed by atoms with Crippen LogP contribution in [0.4, 0.5) is 0 Å². The molecule has 0 spiro atoms. The lowest BCUT2D eigenvalue weighted by atomic mass is 10.2. The van der Waals surface area contributed by atoms with Crippen LogP contribution in [0, 0.1) is 0 Å². The lowest BCUT2D eigenvalue weighted by Crippen LogP contribution is -2.14. The van der Waals surface area contributed by atoms with Gasteiger partial charge >= 0.3 is 0 Å². The summed E-state index contributed by atoms with van der Waals surface area (Å²) < 4.78 is 26.4. The summed E-state index contributed by atoms with van der Waals surface area (Å²) in [5.74, 6) is 0. The fourth-order valence-electron chi connectivity index (χ4n) is 2.14. The predicted molar refractivity (Wildman–Crippen MR) is 90.2 cm³/mol. The Labute approximate surface area is 135 Å². The van der Waals surface area contributed by atoms with Gasteiger partial charge in [-0.05, 0) is 32.4 Å². The van der Waals surface area contributed by atoms with Gasteiger partial charge in [-0.1, -0.05) is 18.2 Å². The van der Waals surface area contributed by atoms with Crippen LogP contribution in [0.3, 0.4) is 0 Å². The van der Waals surface area contributed by atoms with Crippen LogP contribution in [0.5, 0.6) is 0 Å². The molecule has 0 aromatic carbocycles. The zero-order valence-corrected chi connectivity index (χ0v) is 13.9. The number of rotatable bonds is 6. The van der Waals surface area contributed by atoms with Crippen LogP contribution < -0.4 is 0 Å². The van der Waals surface area contributed by atoms with E-state index in [1.807, 2.05) is 0 Å².